The predicted molar refractivity (Wildman–Crippen MR) is 80.1 cm³/mol. The fraction of sp³-hybridized carbons (Fsp3) is 0.267. The van der Waals surface area contributed by atoms with Gasteiger partial charge in [0.25, 0.3) is 0 Å². The van der Waals surface area contributed by atoms with Gasteiger partial charge in [-0.05, 0) is 12.1 Å². The van der Waals surface area contributed by atoms with E-state index in [2.05, 4.69) is 15.3 Å². The van der Waals surface area contributed by atoms with Gasteiger partial charge in [-0.3, -0.25) is 0 Å². The van der Waals surface area contributed by atoms with Crippen LogP contribution in [0.3, 0.4) is 0 Å². The van der Waals surface area contributed by atoms with Gasteiger partial charge < -0.3 is 15.1 Å². The van der Waals surface area contributed by atoms with Crippen LogP contribution >= 0.6 is 0 Å². The second-order valence-corrected chi connectivity index (χ2v) is 5.19. The van der Waals surface area contributed by atoms with Gasteiger partial charge in [0.05, 0.1) is 18.8 Å². The van der Waals surface area contributed by atoms with Crippen LogP contribution in [0.2, 0.25) is 0 Å². The van der Waals surface area contributed by atoms with E-state index in [-0.39, 0.29) is 6.03 Å². The maximum Gasteiger partial charge on any atom is 0.320 e. The van der Waals surface area contributed by atoms with Gasteiger partial charge in [0, 0.05) is 31.5 Å². The van der Waals surface area contributed by atoms with Crippen molar-refractivity contribution in [2.75, 3.05) is 19.4 Å². The van der Waals surface area contributed by atoms with Crippen molar-refractivity contribution in [1.82, 2.24) is 19.8 Å². The number of carbonyl (C=O) groups is 1. The summed E-state index contributed by atoms with van der Waals surface area (Å²) in [6.07, 6.45) is 1.79. The van der Waals surface area contributed by atoms with Crippen LogP contribution in [0.4, 0.5) is 16.4 Å². The van der Waals surface area contributed by atoms with Crippen molar-refractivity contribution < 1.29 is 4.79 Å². The Kier molecular flexibility index (Phi) is 3.43. The molecule has 1 aliphatic heterocycles. The van der Waals surface area contributed by atoms with Crippen molar-refractivity contribution in [3.63, 3.8) is 0 Å². The minimum absolute atomic E-state index is 0.00873. The summed E-state index contributed by atoms with van der Waals surface area (Å²) in [4.78, 5) is 24.1. The third-order valence-corrected chi connectivity index (χ3v) is 3.34. The number of urea groups is 1. The maximum absolute atomic E-state index is 12.0. The van der Waals surface area contributed by atoms with Crippen molar-refractivity contribution in [2.45, 2.75) is 13.1 Å². The molecule has 0 unspecified atom stereocenters. The highest BCUT2D eigenvalue weighted by atomic mass is 16.2. The number of nitrogens with one attached hydrogen (secondary N) is 1. The Morgan fingerprint density at radius 2 is 2.00 bits per heavy atom. The van der Waals surface area contributed by atoms with Gasteiger partial charge in [-0.25, -0.2) is 14.8 Å². The van der Waals surface area contributed by atoms with Crippen LogP contribution in [0.25, 0.3) is 0 Å². The molecule has 2 amide bonds. The van der Waals surface area contributed by atoms with E-state index in [1.165, 1.54) is 0 Å². The lowest BCUT2D eigenvalue weighted by Gasteiger charge is -2.20. The van der Waals surface area contributed by atoms with Crippen molar-refractivity contribution in [3.05, 3.63) is 47.8 Å². The molecule has 108 valence electrons. The first kappa shape index (κ1) is 13.4. The van der Waals surface area contributed by atoms with Crippen LogP contribution in [-0.4, -0.2) is 39.9 Å². The van der Waals surface area contributed by atoms with E-state index in [1.807, 2.05) is 30.3 Å². The molecule has 1 aromatic heterocycles. The van der Waals surface area contributed by atoms with E-state index < -0.39 is 0 Å². The largest absolute Gasteiger partial charge is 0.331 e. The zero-order valence-electron chi connectivity index (χ0n) is 12.1. The molecule has 1 aromatic carbocycles. The highest BCUT2D eigenvalue weighted by Gasteiger charge is 2.26. The minimum atomic E-state index is -0.00873. The molecule has 6 nitrogen and oxygen atoms in total. The first-order chi connectivity index (χ1) is 10.1. The minimum Gasteiger partial charge on any atom is -0.331 e. The van der Waals surface area contributed by atoms with Gasteiger partial charge in [0.15, 0.2) is 0 Å². The van der Waals surface area contributed by atoms with Crippen molar-refractivity contribution in [3.8, 4) is 0 Å². The monoisotopic (exact) mass is 283 g/mol. The average molecular weight is 283 g/mol. The number of benzene rings is 1. The molecule has 0 aliphatic carbocycles. The lowest BCUT2D eigenvalue weighted by Crippen LogP contribution is -2.35. The predicted octanol–water partition coefficient (Wildman–Crippen LogP) is 2.22. The summed E-state index contributed by atoms with van der Waals surface area (Å²) in [6, 6.07) is 9.77. The van der Waals surface area contributed by atoms with Crippen molar-refractivity contribution in [1.29, 1.82) is 0 Å². The Morgan fingerprint density at radius 3 is 2.71 bits per heavy atom. The molecule has 0 fully saturated rings. The fourth-order valence-electron chi connectivity index (χ4n) is 2.28. The molecule has 0 saturated heterocycles. The summed E-state index contributed by atoms with van der Waals surface area (Å²) >= 11 is 0. The topological polar surface area (TPSA) is 61.4 Å². The molecule has 3 rings (SSSR count). The lowest BCUT2D eigenvalue weighted by molar-refractivity contribution is 0.171. The number of nitrogens with zero attached hydrogens (tertiary/aromatic N) is 4. The number of carbonyl (C=O) groups excluding carboxylic acids is 1. The van der Waals surface area contributed by atoms with E-state index in [4.69, 9.17) is 0 Å². The lowest BCUT2D eigenvalue weighted by atomic mass is 10.3. The Morgan fingerprint density at radius 1 is 1.24 bits per heavy atom. The Hall–Kier alpha value is -2.63. The summed E-state index contributed by atoms with van der Waals surface area (Å²) in [7, 11) is 3.50. The molecule has 2 aromatic rings. The van der Waals surface area contributed by atoms with Crippen LogP contribution in [-0.2, 0) is 13.1 Å². The van der Waals surface area contributed by atoms with Crippen LogP contribution in [0.5, 0.6) is 0 Å². The SMILES string of the molecule is CN(C)C(=O)N1Cc2cnc(Nc3ccccc3)nc2C1. The van der Waals surface area contributed by atoms with E-state index in [9.17, 15) is 4.79 Å². The first-order valence-electron chi connectivity index (χ1n) is 6.76. The van der Waals surface area contributed by atoms with E-state index in [0.29, 0.717) is 19.0 Å². The second kappa shape index (κ2) is 5.40. The summed E-state index contributed by atoms with van der Waals surface area (Å²) < 4.78 is 0. The summed E-state index contributed by atoms with van der Waals surface area (Å²) in [6.45, 7) is 1.09. The number of amides is 2. The van der Waals surface area contributed by atoms with E-state index in [0.717, 1.165) is 16.9 Å². The number of para-hydroxylation sites is 1. The standard InChI is InChI=1S/C15H17N5O/c1-19(2)15(21)20-9-11-8-16-14(18-13(11)10-20)17-12-6-4-3-5-7-12/h3-8H,9-10H2,1-2H3,(H,16,17,18). The van der Waals surface area contributed by atoms with Crippen LogP contribution < -0.4 is 5.32 Å². The van der Waals surface area contributed by atoms with Gasteiger partial charge in [-0.15, -0.1) is 0 Å². The number of anilines is 2. The molecule has 6 heteroatoms. The number of rotatable bonds is 2. The van der Waals surface area contributed by atoms with E-state index in [1.54, 1.807) is 30.1 Å². The molecular weight excluding hydrogens is 266 g/mol. The van der Waals surface area contributed by atoms with Crippen LogP contribution in [0.1, 0.15) is 11.3 Å². The number of hydrogen-bond donors (Lipinski definition) is 1. The molecular formula is C15H17N5O. The molecule has 0 saturated carbocycles. The Bertz CT molecular complexity index is 656. The van der Waals surface area contributed by atoms with Crippen LogP contribution in [0, 0.1) is 0 Å². The van der Waals surface area contributed by atoms with Gasteiger partial charge in [0.1, 0.15) is 0 Å². The van der Waals surface area contributed by atoms with Crippen molar-refractivity contribution in [2.24, 2.45) is 0 Å². The fourth-order valence-corrected chi connectivity index (χ4v) is 2.28. The molecule has 0 spiro atoms. The normalized spacial score (nSPS) is 13.0. The number of fused-ring (bicyclic) bond motifs is 1. The van der Waals surface area contributed by atoms with Gasteiger partial charge in [-0.2, -0.15) is 0 Å². The Balaban J connectivity index is 1.76. The highest BCUT2D eigenvalue weighted by Crippen LogP contribution is 2.23. The highest BCUT2D eigenvalue weighted by molar-refractivity contribution is 5.74. The first-order valence-corrected chi connectivity index (χ1v) is 6.76. The number of hydrogen-bond acceptors (Lipinski definition) is 4. The molecule has 0 bridgehead atoms. The summed E-state index contributed by atoms with van der Waals surface area (Å²) in [5.41, 5.74) is 2.85. The number of aromatic nitrogens is 2. The molecule has 1 N–H and O–H groups in total. The third kappa shape index (κ3) is 2.79. The average Bonchev–Trinajstić information content (AvgIpc) is 2.90. The van der Waals surface area contributed by atoms with Gasteiger partial charge in [-0.1, -0.05) is 18.2 Å². The zero-order chi connectivity index (χ0) is 14.8. The van der Waals surface area contributed by atoms with Crippen LogP contribution in [0.15, 0.2) is 36.5 Å². The second-order valence-electron chi connectivity index (χ2n) is 5.19. The maximum atomic E-state index is 12.0. The summed E-state index contributed by atoms with van der Waals surface area (Å²) in [5, 5.41) is 3.16. The molecule has 0 atom stereocenters. The van der Waals surface area contributed by atoms with Gasteiger partial charge >= 0.3 is 6.03 Å². The zero-order valence-corrected chi connectivity index (χ0v) is 12.1. The quantitative estimate of drug-likeness (QED) is 0.918. The smallest absolute Gasteiger partial charge is 0.320 e. The molecule has 0 radical (unpaired) electrons. The summed E-state index contributed by atoms with van der Waals surface area (Å²) in [5.74, 6) is 0.555. The Labute approximate surface area is 123 Å². The van der Waals surface area contributed by atoms with Gasteiger partial charge in [0.2, 0.25) is 5.95 Å². The molecule has 21 heavy (non-hydrogen) atoms. The molecule has 1 aliphatic rings. The third-order valence-electron chi connectivity index (χ3n) is 3.34. The van der Waals surface area contributed by atoms with Crippen molar-refractivity contribution >= 4 is 17.7 Å². The molecule has 2 heterocycles. The van der Waals surface area contributed by atoms with E-state index >= 15 is 0 Å².